The van der Waals surface area contributed by atoms with Gasteiger partial charge in [-0.2, -0.15) is 0 Å². The molecule has 0 bridgehead atoms. The minimum atomic E-state index is 0.484. The first-order chi connectivity index (χ1) is 10.4. The zero-order valence-electron chi connectivity index (χ0n) is 12.5. The van der Waals surface area contributed by atoms with Gasteiger partial charge in [0, 0.05) is 32.8 Å². The van der Waals surface area contributed by atoms with Crippen molar-refractivity contribution >= 4 is 6.01 Å². The molecule has 2 atom stereocenters. The highest BCUT2D eigenvalue weighted by molar-refractivity contribution is 5.25. The van der Waals surface area contributed by atoms with E-state index in [1.54, 1.807) is 0 Å². The molecule has 1 aromatic rings. The second-order valence-electron chi connectivity index (χ2n) is 6.51. The highest BCUT2D eigenvalue weighted by atomic mass is 16.5. The van der Waals surface area contributed by atoms with Crippen LogP contribution in [0.5, 0.6) is 0 Å². The van der Waals surface area contributed by atoms with Gasteiger partial charge in [-0.05, 0) is 38.0 Å². The minimum absolute atomic E-state index is 0.484. The molecule has 3 aliphatic rings. The second-order valence-corrected chi connectivity index (χ2v) is 6.51. The fourth-order valence-corrected chi connectivity index (χ4v) is 3.84. The van der Waals surface area contributed by atoms with Crippen LogP contribution >= 0.6 is 0 Å². The van der Waals surface area contributed by atoms with Crippen LogP contribution in [0, 0.1) is 5.92 Å². The molecule has 3 aliphatic heterocycles. The van der Waals surface area contributed by atoms with Crippen LogP contribution in [-0.4, -0.2) is 54.0 Å². The molecule has 0 radical (unpaired) electrons. The molecule has 0 amide bonds. The number of nitrogens with zero attached hydrogens (tertiary/aromatic N) is 4. The second kappa shape index (κ2) is 5.93. The molecule has 0 saturated carbocycles. The van der Waals surface area contributed by atoms with Gasteiger partial charge in [-0.1, -0.05) is 5.10 Å². The fourth-order valence-electron chi connectivity index (χ4n) is 3.84. The molecule has 3 saturated heterocycles. The molecule has 6 nitrogen and oxygen atoms in total. The Balaban J connectivity index is 1.35. The molecular formula is C15H24N4O2. The minimum Gasteiger partial charge on any atom is -0.407 e. The third-order valence-electron chi connectivity index (χ3n) is 4.99. The molecule has 0 N–H and O–H groups in total. The summed E-state index contributed by atoms with van der Waals surface area (Å²) in [6, 6.07) is 0.707. The molecular weight excluding hydrogens is 268 g/mol. The third-order valence-corrected chi connectivity index (χ3v) is 4.99. The van der Waals surface area contributed by atoms with E-state index in [2.05, 4.69) is 20.0 Å². The number of likely N-dealkylation sites (tertiary alicyclic amines) is 1. The molecule has 4 heterocycles. The lowest BCUT2D eigenvalue weighted by molar-refractivity contribution is -0.0686. The largest absolute Gasteiger partial charge is 0.407 e. The maximum absolute atomic E-state index is 5.87. The van der Waals surface area contributed by atoms with Gasteiger partial charge in [0.15, 0.2) is 0 Å². The summed E-state index contributed by atoms with van der Waals surface area (Å²) in [6.45, 7) is 6.00. The summed E-state index contributed by atoms with van der Waals surface area (Å²) in [5, 5.41) is 8.43. The van der Waals surface area contributed by atoms with Crippen molar-refractivity contribution in [3.8, 4) is 0 Å². The van der Waals surface area contributed by atoms with Crippen molar-refractivity contribution in [3.63, 3.8) is 0 Å². The van der Waals surface area contributed by atoms with Crippen molar-refractivity contribution in [2.24, 2.45) is 5.92 Å². The van der Waals surface area contributed by atoms with Gasteiger partial charge in [-0.25, -0.2) is 0 Å². The van der Waals surface area contributed by atoms with Gasteiger partial charge in [0.05, 0.1) is 12.6 Å². The van der Waals surface area contributed by atoms with Crippen LogP contribution in [0.1, 0.15) is 38.0 Å². The lowest BCUT2D eigenvalue weighted by Gasteiger charge is -2.40. The lowest BCUT2D eigenvalue weighted by atomic mass is 9.88. The predicted octanol–water partition coefficient (Wildman–Crippen LogP) is 1.67. The summed E-state index contributed by atoms with van der Waals surface area (Å²) in [5.41, 5.74) is 0. The van der Waals surface area contributed by atoms with Crippen LogP contribution in [0.25, 0.3) is 0 Å². The van der Waals surface area contributed by atoms with Crippen LogP contribution in [0.15, 0.2) is 4.42 Å². The molecule has 6 heteroatoms. The summed E-state index contributed by atoms with van der Waals surface area (Å²) >= 11 is 0. The van der Waals surface area contributed by atoms with Gasteiger partial charge in [0.25, 0.3) is 0 Å². The molecule has 21 heavy (non-hydrogen) atoms. The van der Waals surface area contributed by atoms with Gasteiger partial charge in [0.1, 0.15) is 0 Å². The Morgan fingerprint density at radius 2 is 1.95 bits per heavy atom. The SMILES string of the molecule is C1COC2CCN(Cc3nnc(N4CCCC4)o3)CC2C1. The monoisotopic (exact) mass is 292 g/mol. The number of anilines is 1. The van der Waals surface area contributed by atoms with Crippen LogP contribution in [0.2, 0.25) is 0 Å². The average molecular weight is 292 g/mol. The maximum atomic E-state index is 5.87. The van der Waals surface area contributed by atoms with Gasteiger partial charge >= 0.3 is 6.01 Å². The number of fused-ring (bicyclic) bond motifs is 1. The van der Waals surface area contributed by atoms with Gasteiger partial charge in [0.2, 0.25) is 5.89 Å². The van der Waals surface area contributed by atoms with Gasteiger partial charge in [-0.3, -0.25) is 4.90 Å². The number of hydrogen-bond acceptors (Lipinski definition) is 6. The Morgan fingerprint density at radius 1 is 1.05 bits per heavy atom. The quantitative estimate of drug-likeness (QED) is 0.845. The molecule has 4 rings (SSSR count). The molecule has 0 aromatic carbocycles. The summed E-state index contributed by atoms with van der Waals surface area (Å²) < 4.78 is 11.7. The average Bonchev–Trinajstić information content (AvgIpc) is 3.18. The van der Waals surface area contributed by atoms with E-state index in [1.165, 1.54) is 25.7 Å². The number of aromatic nitrogens is 2. The van der Waals surface area contributed by atoms with Crippen molar-refractivity contribution in [1.29, 1.82) is 0 Å². The molecule has 2 unspecified atom stereocenters. The van der Waals surface area contributed by atoms with Gasteiger partial charge < -0.3 is 14.1 Å². The normalized spacial score (nSPS) is 30.6. The first-order valence-electron chi connectivity index (χ1n) is 8.30. The van der Waals surface area contributed by atoms with Crippen molar-refractivity contribution in [2.45, 2.75) is 44.8 Å². The number of rotatable bonds is 3. The van der Waals surface area contributed by atoms with Crippen LogP contribution in [0.4, 0.5) is 6.01 Å². The Hall–Kier alpha value is -1.14. The Bertz CT molecular complexity index is 472. The van der Waals surface area contributed by atoms with Crippen molar-refractivity contribution < 1.29 is 9.15 Å². The topological polar surface area (TPSA) is 54.6 Å². The van der Waals surface area contributed by atoms with E-state index in [1.807, 2.05) is 0 Å². The smallest absolute Gasteiger partial charge is 0.318 e. The molecule has 3 fully saturated rings. The maximum Gasteiger partial charge on any atom is 0.318 e. The number of hydrogen-bond donors (Lipinski definition) is 0. The van der Waals surface area contributed by atoms with Crippen LogP contribution < -0.4 is 4.90 Å². The van der Waals surface area contributed by atoms with Crippen molar-refractivity contribution in [3.05, 3.63) is 5.89 Å². The summed E-state index contributed by atoms with van der Waals surface area (Å²) in [5.74, 6) is 1.44. The third kappa shape index (κ3) is 2.92. The van der Waals surface area contributed by atoms with E-state index in [4.69, 9.17) is 9.15 Å². The van der Waals surface area contributed by atoms with E-state index in [-0.39, 0.29) is 0 Å². The Labute approximate surface area is 125 Å². The van der Waals surface area contributed by atoms with Crippen LogP contribution in [0.3, 0.4) is 0 Å². The van der Waals surface area contributed by atoms with E-state index in [0.717, 1.165) is 51.6 Å². The standard InChI is InChI=1S/C15H24N4O2/c1-2-7-19(6-1)15-17-16-14(21-15)11-18-8-5-13-12(10-18)4-3-9-20-13/h12-13H,1-11H2. The zero-order chi connectivity index (χ0) is 14.1. The van der Waals surface area contributed by atoms with Crippen molar-refractivity contribution in [2.75, 3.05) is 37.7 Å². The molecule has 0 aliphatic carbocycles. The highest BCUT2D eigenvalue weighted by Gasteiger charge is 2.32. The van der Waals surface area contributed by atoms with Crippen LogP contribution in [-0.2, 0) is 11.3 Å². The zero-order valence-corrected chi connectivity index (χ0v) is 12.5. The number of piperidine rings is 1. The Kier molecular flexibility index (Phi) is 3.82. The van der Waals surface area contributed by atoms with E-state index in [0.29, 0.717) is 18.0 Å². The number of ether oxygens (including phenoxy) is 1. The molecule has 0 spiro atoms. The van der Waals surface area contributed by atoms with E-state index in [9.17, 15) is 0 Å². The van der Waals surface area contributed by atoms with E-state index >= 15 is 0 Å². The fraction of sp³-hybridized carbons (Fsp3) is 0.867. The van der Waals surface area contributed by atoms with E-state index < -0.39 is 0 Å². The summed E-state index contributed by atoms with van der Waals surface area (Å²) in [6.07, 6.45) is 6.58. The first-order valence-corrected chi connectivity index (χ1v) is 8.30. The van der Waals surface area contributed by atoms with Gasteiger partial charge in [-0.15, -0.1) is 5.10 Å². The first kappa shape index (κ1) is 13.5. The molecule has 1 aromatic heterocycles. The Morgan fingerprint density at radius 3 is 2.86 bits per heavy atom. The lowest BCUT2D eigenvalue weighted by Crippen LogP contribution is -2.45. The van der Waals surface area contributed by atoms with Crippen molar-refractivity contribution in [1.82, 2.24) is 15.1 Å². The predicted molar refractivity (Wildman–Crippen MR) is 78.1 cm³/mol. The highest BCUT2D eigenvalue weighted by Crippen LogP contribution is 2.29. The summed E-state index contributed by atoms with van der Waals surface area (Å²) in [4.78, 5) is 4.63. The summed E-state index contributed by atoms with van der Waals surface area (Å²) in [7, 11) is 0. The molecule has 116 valence electrons.